The molecule has 3 nitrogen and oxygen atoms in total. The summed E-state index contributed by atoms with van der Waals surface area (Å²) in [6, 6.07) is 9.14. The summed E-state index contributed by atoms with van der Waals surface area (Å²) in [5, 5.41) is 3.23. The van der Waals surface area contributed by atoms with Crippen LogP contribution in [0, 0.1) is 0 Å². The molecule has 19 heavy (non-hydrogen) atoms. The number of nitrogens with two attached hydrogens (primary N) is 1. The zero-order chi connectivity index (χ0) is 13.4. The van der Waals surface area contributed by atoms with Crippen molar-refractivity contribution in [3.8, 4) is 0 Å². The van der Waals surface area contributed by atoms with Crippen LogP contribution in [-0.2, 0) is 6.54 Å². The first-order valence-electron chi connectivity index (χ1n) is 5.76. The zero-order valence-corrected chi connectivity index (χ0v) is 11.5. The first kappa shape index (κ1) is 12.3. The van der Waals surface area contributed by atoms with Crippen molar-refractivity contribution in [2.75, 3.05) is 5.73 Å². The van der Waals surface area contributed by atoms with Crippen LogP contribution >= 0.6 is 22.9 Å². The van der Waals surface area contributed by atoms with Gasteiger partial charge in [-0.3, -0.25) is 4.79 Å². The molecule has 0 saturated carbocycles. The normalized spacial score (nSPS) is 11.0. The van der Waals surface area contributed by atoms with E-state index >= 15 is 0 Å². The van der Waals surface area contributed by atoms with Gasteiger partial charge in [0.05, 0.1) is 11.9 Å². The Bertz CT molecular complexity index is 786. The van der Waals surface area contributed by atoms with E-state index in [1.165, 1.54) is 0 Å². The maximum Gasteiger partial charge on any atom is 0.259 e. The third-order valence-corrected chi connectivity index (χ3v) is 4.31. The molecule has 0 aliphatic heterocycles. The van der Waals surface area contributed by atoms with Gasteiger partial charge in [0.15, 0.2) is 0 Å². The van der Waals surface area contributed by atoms with Gasteiger partial charge in [-0.1, -0.05) is 17.7 Å². The summed E-state index contributed by atoms with van der Waals surface area (Å²) in [6.07, 6.45) is 1.78. The molecule has 0 aliphatic rings. The highest BCUT2D eigenvalue weighted by Gasteiger charge is 2.08. The average molecular weight is 291 g/mol. The Morgan fingerprint density at radius 1 is 1.26 bits per heavy atom. The molecule has 0 fully saturated rings. The van der Waals surface area contributed by atoms with Gasteiger partial charge < -0.3 is 10.3 Å². The molecule has 0 spiro atoms. The number of benzene rings is 1. The first-order valence-corrected chi connectivity index (χ1v) is 7.02. The summed E-state index contributed by atoms with van der Waals surface area (Å²) in [4.78, 5) is 12.3. The number of hydrogen-bond acceptors (Lipinski definition) is 3. The fraction of sp³-hybridized carbons (Fsp3) is 0.0714. The lowest BCUT2D eigenvalue weighted by Crippen LogP contribution is -2.20. The Balaban J connectivity index is 2.11. The van der Waals surface area contributed by atoms with E-state index in [9.17, 15) is 4.79 Å². The van der Waals surface area contributed by atoms with Crippen LogP contribution < -0.4 is 11.3 Å². The fourth-order valence-corrected chi connectivity index (χ4v) is 3.06. The van der Waals surface area contributed by atoms with Gasteiger partial charge in [0.1, 0.15) is 0 Å². The molecule has 2 N–H and O–H groups in total. The minimum absolute atomic E-state index is 0.0157. The number of halogens is 1. The molecular formula is C14H11ClN2OS. The summed E-state index contributed by atoms with van der Waals surface area (Å²) < 4.78 is 2.63. The predicted octanol–water partition coefficient (Wildman–Crippen LogP) is 3.35. The van der Waals surface area contributed by atoms with Crippen LogP contribution in [0.4, 0.5) is 5.69 Å². The van der Waals surface area contributed by atoms with Crippen LogP contribution in [0.5, 0.6) is 0 Å². The van der Waals surface area contributed by atoms with Crippen molar-refractivity contribution >= 4 is 38.7 Å². The van der Waals surface area contributed by atoms with Crippen molar-refractivity contribution in [1.29, 1.82) is 0 Å². The van der Waals surface area contributed by atoms with Crippen molar-refractivity contribution in [3.05, 3.63) is 62.8 Å². The molecule has 2 heterocycles. The maximum atomic E-state index is 12.3. The van der Waals surface area contributed by atoms with Gasteiger partial charge in [0.25, 0.3) is 5.56 Å². The second-order valence-electron chi connectivity index (χ2n) is 4.25. The average Bonchev–Trinajstić information content (AvgIpc) is 2.85. The number of fused-ring (bicyclic) bond motifs is 1. The monoisotopic (exact) mass is 290 g/mol. The van der Waals surface area contributed by atoms with Gasteiger partial charge in [-0.15, -0.1) is 11.3 Å². The van der Waals surface area contributed by atoms with E-state index in [0.717, 1.165) is 15.6 Å². The number of anilines is 1. The van der Waals surface area contributed by atoms with E-state index in [-0.39, 0.29) is 5.56 Å². The van der Waals surface area contributed by atoms with Crippen molar-refractivity contribution in [2.24, 2.45) is 0 Å². The molecule has 0 unspecified atom stereocenters. The number of nitrogens with zero attached hydrogens (tertiary/aromatic N) is 1. The Labute approximate surface area is 118 Å². The Morgan fingerprint density at radius 3 is 2.89 bits per heavy atom. The van der Waals surface area contributed by atoms with Crippen LogP contribution in [0.2, 0.25) is 5.02 Å². The standard InChI is InChI=1S/C14H11ClN2OS/c15-11-2-1-3-12(16)10(11)8-17-6-4-13-9(14(17)18)5-7-19-13/h1-7H,8,16H2. The highest BCUT2D eigenvalue weighted by molar-refractivity contribution is 7.17. The summed E-state index contributed by atoms with van der Waals surface area (Å²) in [5.41, 5.74) is 7.28. The highest BCUT2D eigenvalue weighted by Crippen LogP contribution is 2.23. The fourth-order valence-electron chi connectivity index (χ4n) is 2.04. The second kappa shape index (κ2) is 4.72. The van der Waals surface area contributed by atoms with Gasteiger partial charge >= 0.3 is 0 Å². The second-order valence-corrected chi connectivity index (χ2v) is 5.61. The number of nitrogen functional groups attached to an aromatic ring is 1. The number of pyridine rings is 1. The molecular weight excluding hydrogens is 280 g/mol. The molecule has 2 aromatic heterocycles. The van der Waals surface area contributed by atoms with Crippen molar-refractivity contribution < 1.29 is 0 Å². The third-order valence-electron chi connectivity index (χ3n) is 3.08. The molecule has 1 aromatic carbocycles. The summed E-state index contributed by atoms with van der Waals surface area (Å²) in [5.74, 6) is 0. The Morgan fingerprint density at radius 2 is 2.11 bits per heavy atom. The molecule has 0 atom stereocenters. The molecule has 0 radical (unpaired) electrons. The minimum atomic E-state index is -0.0157. The molecule has 96 valence electrons. The first-order chi connectivity index (χ1) is 9.16. The summed E-state index contributed by atoms with van der Waals surface area (Å²) >= 11 is 7.69. The van der Waals surface area contributed by atoms with Crippen molar-refractivity contribution in [2.45, 2.75) is 6.54 Å². The molecule has 3 rings (SSSR count). The predicted molar refractivity (Wildman–Crippen MR) is 81.1 cm³/mol. The molecule has 0 saturated heterocycles. The van der Waals surface area contributed by atoms with E-state index in [4.69, 9.17) is 17.3 Å². The molecule has 0 amide bonds. The number of thiophene rings is 1. The SMILES string of the molecule is Nc1cccc(Cl)c1Cn1ccc2sccc2c1=O. The van der Waals surface area contributed by atoms with Crippen LogP contribution in [0.3, 0.4) is 0 Å². The molecule has 0 aliphatic carbocycles. The maximum absolute atomic E-state index is 12.3. The van der Waals surface area contributed by atoms with E-state index in [1.807, 2.05) is 17.5 Å². The lowest BCUT2D eigenvalue weighted by atomic mass is 10.1. The molecule has 0 bridgehead atoms. The van der Waals surface area contributed by atoms with Crippen LogP contribution in [0.25, 0.3) is 10.1 Å². The quantitative estimate of drug-likeness (QED) is 0.736. The topological polar surface area (TPSA) is 48.0 Å². The smallest absolute Gasteiger partial charge is 0.259 e. The highest BCUT2D eigenvalue weighted by atomic mass is 35.5. The summed E-state index contributed by atoms with van der Waals surface area (Å²) in [6.45, 7) is 0.385. The van der Waals surface area contributed by atoms with E-state index in [0.29, 0.717) is 17.3 Å². The zero-order valence-electron chi connectivity index (χ0n) is 9.97. The van der Waals surface area contributed by atoms with E-state index < -0.39 is 0 Å². The molecule has 3 aromatic rings. The van der Waals surface area contributed by atoms with Gasteiger partial charge in [-0.05, 0) is 29.6 Å². The number of hydrogen-bond donors (Lipinski definition) is 1. The van der Waals surface area contributed by atoms with E-state index in [2.05, 4.69) is 0 Å². The third kappa shape index (κ3) is 2.13. The number of rotatable bonds is 2. The van der Waals surface area contributed by atoms with Gasteiger partial charge in [0.2, 0.25) is 0 Å². The van der Waals surface area contributed by atoms with Crippen molar-refractivity contribution in [1.82, 2.24) is 4.57 Å². The molecule has 5 heteroatoms. The lowest BCUT2D eigenvalue weighted by Gasteiger charge is -2.10. The minimum Gasteiger partial charge on any atom is -0.398 e. The largest absolute Gasteiger partial charge is 0.398 e. The van der Waals surface area contributed by atoms with Gasteiger partial charge in [-0.25, -0.2) is 0 Å². The van der Waals surface area contributed by atoms with Gasteiger partial charge in [-0.2, -0.15) is 0 Å². The van der Waals surface area contributed by atoms with Crippen LogP contribution in [0.1, 0.15) is 5.56 Å². The lowest BCUT2D eigenvalue weighted by molar-refractivity contribution is 0.770. The number of aromatic nitrogens is 1. The van der Waals surface area contributed by atoms with E-state index in [1.54, 1.807) is 40.3 Å². The van der Waals surface area contributed by atoms with Crippen LogP contribution in [-0.4, -0.2) is 4.57 Å². The van der Waals surface area contributed by atoms with Crippen LogP contribution in [0.15, 0.2) is 46.7 Å². The Kier molecular flexibility index (Phi) is 3.05. The van der Waals surface area contributed by atoms with Crippen molar-refractivity contribution in [3.63, 3.8) is 0 Å². The summed E-state index contributed by atoms with van der Waals surface area (Å²) in [7, 11) is 0. The Hall–Kier alpha value is -1.78. The van der Waals surface area contributed by atoms with Gasteiger partial charge in [0, 0.05) is 27.2 Å².